The molecule has 0 saturated carbocycles. The number of benzene rings is 1. The standard InChI is InChI=1S/C14H18ClN3O3/c1-16-7-6-10(8-16)9-17(2)14(19)11-4-3-5-12(15)13(11)18(20)21/h3-5,10H,6-9H2,1-2H3. The lowest BCUT2D eigenvalue weighted by Gasteiger charge is -2.21. The van der Waals surface area contributed by atoms with Crippen LogP contribution in [0, 0.1) is 16.0 Å². The molecular formula is C14H18ClN3O3. The van der Waals surface area contributed by atoms with Crippen LogP contribution in [0.3, 0.4) is 0 Å². The molecule has 0 aromatic heterocycles. The Balaban J connectivity index is 2.16. The number of para-hydroxylation sites is 1. The lowest BCUT2D eigenvalue weighted by atomic mass is 10.1. The number of nitro benzene ring substituents is 1. The summed E-state index contributed by atoms with van der Waals surface area (Å²) in [4.78, 5) is 26.7. The van der Waals surface area contributed by atoms with E-state index in [1.165, 1.54) is 12.1 Å². The Hall–Kier alpha value is -1.66. The average Bonchev–Trinajstić information content (AvgIpc) is 2.82. The van der Waals surface area contributed by atoms with E-state index in [-0.39, 0.29) is 22.2 Å². The van der Waals surface area contributed by atoms with Crippen molar-refractivity contribution in [3.05, 3.63) is 38.9 Å². The summed E-state index contributed by atoms with van der Waals surface area (Å²) in [6.07, 6.45) is 1.03. The molecule has 1 aliphatic heterocycles. The number of hydrogen-bond donors (Lipinski definition) is 0. The van der Waals surface area contributed by atoms with E-state index in [9.17, 15) is 14.9 Å². The molecule has 114 valence electrons. The minimum Gasteiger partial charge on any atom is -0.341 e. The van der Waals surface area contributed by atoms with E-state index in [0.717, 1.165) is 19.5 Å². The van der Waals surface area contributed by atoms with Gasteiger partial charge in [0, 0.05) is 20.1 Å². The Kier molecular flexibility index (Phi) is 4.80. The van der Waals surface area contributed by atoms with E-state index in [4.69, 9.17) is 11.6 Å². The second-order valence-corrected chi connectivity index (χ2v) is 5.90. The molecule has 0 bridgehead atoms. The first-order valence-corrected chi connectivity index (χ1v) is 7.15. The summed E-state index contributed by atoms with van der Waals surface area (Å²) in [5.74, 6) is 0.0425. The van der Waals surface area contributed by atoms with Gasteiger partial charge in [-0.05, 0) is 38.1 Å². The first-order valence-electron chi connectivity index (χ1n) is 6.77. The van der Waals surface area contributed by atoms with E-state index in [2.05, 4.69) is 4.90 Å². The van der Waals surface area contributed by atoms with Crippen molar-refractivity contribution in [2.24, 2.45) is 5.92 Å². The molecule has 1 aliphatic rings. The highest BCUT2D eigenvalue weighted by Gasteiger charge is 2.28. The highest BCUT2D eigenvalue weighted by molar-refractivity contribution is 6.33. The van der Waals surface area contributed by atoms with Gasteiger partial charge in [0.25, 0.3) is 5.91 Å². The monoisotopic (exact) mass is 311 g/mol. The van der Waals surface area contributed by atoms with Crippen LogP contribution in [-0.2, 0) is 0 Å². The zero-order valence-electron chi connectivity index (χ0n) is 12.1. The molecule has 2 rings (SSSR count). The van der Waals surface area contributed by atoms with Gasteiger partial charge in [0.05, 0.1) is 4.92 Å². The third-order valence-corrected chi connectivity index (χ3v) is 4.07. The van der Waals surface area contributed by atoms with Gasteiger partial charge in [-0.15, -0.1) is 0 Å². The highest BCUT2D eigenvalue weighted by Crippen LogP contribution is 2.29. The van der Waals surface area contributed by atoms with Crippen LogP contribution in [0.15, 0.2) is 18.2 Å². The largest absolute Gasteiger partial charge is 0.341 e. The van der Waals surface area contributed by atoms with Gasteiger partial charge < -0.3 is 9.80 Å². The summed E-state index contributed by atoms with van der Waals surface area (Å²) in [6, 6.07) is 4.42. The minimum atomic E-state index is -0.604. The van der Waals surface area contributed by atoms with Gasteiger partial charge in [-0.25, -0.2) is 0 Å². The maximum atomic E-state index is 12.4. The Bertz CT molecular complexity index is 564. The number of carbonyl (C=O) groups excluding carboxylic acids is 1. The number of carbonyl (C=O) groups is 1. The maximum absolute atomic E-state index is 12.4. The summed E-state index contributed by atoms with van der Waals surface area (Å²) < 4.78 is 0. The van der Waals surface area contributed by atoms with Crippen LogP contribution in [0.4, 0.5) is 5.69 Å². The molecular weight excluding hydrogens is 294 g/mol. The second-order valence-electron chi connectivity index (χ2n) is 5.50. The van der Waals surface area contributed by atoms with Gasteiger partial charge in [-0.2, -0.15) is 0 Å². The van der Waals surface area contributed by atoms with Gasteiger partial charge >= 0.3 is 5.69 Å². The molecule has 1 atom stereocenters. The first-order chi connectivity index (χ1) is 9.90. The number of likely N-dealkylation sites (tertiary alicyclic amines) is 1. The fourth-order valence-corrected chi connectivity index (χ4v) is 2.97. The number of rotatable bonds is 4. The zero-order valence-corrected chi connectivity index (χ0v) is 12.8. The molecule has 0 radical (unpaired) electrons. The van der Waals surface area contributed by atoms with E-state index in [1.54, 1.807) is 18.0 Å². The highest BCUT2D eigenvalue weighted by atomic mass is 35.5. The van der Waals surface area contributed by atoms with Crippen molar-refractivity contribution in [1.29, 1.82) is 0 Å². The zero-order chi connectivity index (χ0) is 15.6. The Labute approximate surface area is 128 Å². The van der Waals surface area contributed by atoms with Crippen molar-refractivity contribution < 1.29 is 9.72 Å². The van der Waals surface area contributed by atoms with Crippen molar-refractivity contribution in [1.82, 2.24) is 9.80 Å². The van der Waals surface area contributed by atoms with Crippen LogP contribution in [0.25, 0.3) is 0 Å². The lowest BCUT2D eigenvalue weighted by molar-refractivity contribution is -0.385. The van der Waals surface area contributed by atoms with Crippen molar-refractivity contribution in [3.8, 4) is 0 Å². The molecule has 0 N–H and O–H groups in total. The fourth-order valence-electron chi connectivity index (χ4n) is 2.72. The fraction of sp³-hybridized carbons (Fsp3) is 0.500. The third-order valence-electron chi connectivity index (χ3n) is 3.77. The molecule has 1 amide bonds. The molecule has 6 nitrogen and oxygen atoms in total. The van der Waals surface area contributed by atoms with Gasteiger partial charge in [0.1, 0.15) is 10.6 Å². The molecule has 1 saturated heterocycles. The van der Waals surface area contributed by atoms with Crippen LogP contribution in [-0.4, -0.2) is 54.4 Å². The summed E-state index contributed by atoms with van der Waals surface area (Å²) in [5.41, 5.74) is -0.277. The van der Waals surface area contributed by atoms with Gasteiger partial charge in [-0.1, -0.05) is 17.7 Å². The molecule has 0 aliphatic carbocycles. The lowest BCUT2D eigenvalue weighted by Crippen LogP contribution is -2.33. The smallest absolute Gasteiger partial charge is 0.300 e. The molecule has 1 aromatic rings. The van der Waals surface area contributed by atoms with Crippen LogP contribution in [0.2, 0.25) is 5.02 Å². The summed E-state index contributed by atoms with van der Waals surface area (Å²) in [7, 11) is 3.72. The van der Waals surface area contributed by atoms with Crippen molar-refractivity contribution in [2.45, 2.75) is 6.42 Å². The quantitative estimate of drug-likeness (QED) is 0.632. The summed E-state index contributed by atoms with van der Waals surface area (Å²) in [5, 5.41) is 11.1. The number of halogens is 1. The molecule has 1 heterocycles. The van der Waals surface area contributed by atoms with Crippen LogP contribution in [0.5, 0.6) is 0 Å². The Morgan fingerprint density at radius 2 is 2.29 bits per heavy atom. The summed E-state index contributed by atoms with van der Waals surface area (Å²) in [6.45, 7) is 2.55. The van der Waals surface area contributed by atoms with Gasteiger partial charge in [0.15, 0.2) is 0 Å². The number of amides is 1. The summed E-state index contributed by atoms with van der Waals surface area (Å²) >= 11 is 5.84. The van der Waals surface area contributed by atoms with Crippen LogP contribution < -0.4 is 0 Å². The topological polar surface area (TPSA) is 66.7 Å². The first kappa shape index (κ1) is 15.7. The number of nitrogens with zero attached hydrogens (tertiary/aromatic N) is 3. The molecule has 21 heavy (non-hydrogen) atoms. The van der Waals surface area contributed by atoms with Gasteiger partial charge in [0.2, 0.25) is 0 Å². The predicted molar refractivity (Wildman–Crippen MR) is 80.7 cm³/mol. The molecule has 0 spiro atoms. The average molecular weight is 312 g/mol. The Morgan fingerprint density at radius 3 is 2.86 bits per heavy atom. The maximum Gasteiger partial charge on any atom is 0.300 e. The van der Waals surface area contributed by atoms with E-state index in [0.29, 0.717) is 12.5 Å². The van der Waals surface area contributed by atoms with E-state index >= 15 is 0 Å². The van der Waals surface area contributed by atoms with Crippen LogP contribution >= 0.6 is 11.6 Å². The third kappa shape index (κ3) is 3.51. The van der Waals surface area contributed by atoms with E-state index < -0.39 is 4.92 Å². The van der Waals surface area contributed by atoms with Crippen molar-refractivity contribution >= 4 is 23.2 Å². The minimum absolute atomic E-state index is 0.0140. The molecule has 1 aromatic carbocycles. The second kappa shape index (κ2) is 6.41. The van der Waals surface area contributed by atoms with Crippen LogP contribution in [0.1, 0.15) is 16.8 Å². The number of nitro groups is 1. The SMILES string of the molecule is CN1CCC(CN(C)C(=O)c2cccc(Cl)c2[N+](=O)[O-])C1. The predicted octanol–water partition coefficient (Wildman–Crippen LogP) is 2.27. The number of hydrogen-bond acceptors (Lipinski definition) is 4. The normalized spacial score (nSPS) is 18.7. The molecule has 7 heteroatoms. The Morgan fingerprint density at radius 1 is 1.57 bits per heavy atom. The van der Waals surface area contributed by atoms with E-state index in [1.807, 2.05) is 7.05 Å². The van der Waals surface area contributed by atoms with Crippen molar-refractivity contribution in [3.63, 3.8) is 0 Å². The van der Waals surface area contributed by atoms with Gasteiger partial charge in [-0.3, -0.25) is 14.9 Å². The molecule has 1 fully saturated rings. The molecule has 1 unspecified atom stereocenters. The van der Waals surface area contributed by atoms with Crippen molar-refractivity contribution in [2.75, 3.05) is 33.7 Å².